The van der Waals surface area contributed by atoms with E-state index in [1.54, 1.807) is 0 Å². The second-order valence-corrected chi connectivity index (χ2v) is 8.34. The normalized spacial score (nSPS) is 10.9. The first-order valence-corrected chi connectivity index (χ1v) is 11.0. The molecule has 0 saturated carbocycles. The summed E-state index contributed by atoms with van der Waals surface area (Å²) in [6.07, 6.45) is 0. The summed E-state index contributed by atoms with van der Waals surface area (Å²) in [5, 5.41) is 13.5. The van der Waals surface area contributed by atoms with E-state index in [0.29, 0.717) is 17.9 Å². The summed E-state index contributed by atoms with van der Waals surface area (Å²) in [5.41, 5.74) is 5.41. The lowest BCUT2D eigenvalue weighted by Crippen LogP contribution is -2.18. The molecule has 156 valence electrons. The predicted octanol–water partition coefficient (Wildman–Crippen LogP) is 4.64. The van der Waals surface area contributed by atoms with Gasteiger partial charge in [-0.3, -0.25) is 4.79 Å². The molecule has 2 aromatic carbocycles. The van der Waals surface area contributed by atoms with E-state index in [2.05, 4.69) is 16.4 Å². The molecule has 2 heterocycles. The number of nitriles is 1. The highest BCUT2D eigenvalue weighted by molar-refractivity contribution is 7.99. The van der Waals surface area contributed by atoms with Gasteiger partial charge in [0.25, 0.3) is 0 Å². The predicted molar refractivity (Wildman–Crippen MR) is 124 cm³/mol. The van der Waals surface area contributed by atoms with Crippen LogP contribution in [0.5, 0.6) is 0 Å². The minimum Gasteiger partial charge on any atom is -0.326 e. The topological polar surface area (TPSA) is 75.6 Å². The number of carbonyl (C=O) groups is 1. The summed E-state index contributed by atoms with van der Waals surface area (Å²) in [5.74, 6) is 0.591. The van der Waals surface area contributed by atoms with E-state index in [1.165, 1.54) is 11.8 Å². The lowest BCUT2D eigenvalue weighted by molar-refractivity contribution is -0.113. The number of rotatable bonds is 6. The fourth-order valence-corrected chi connectivity index (χ4v) is 4.43. The SMILES string of the molecule is Cc1c(C#N)c(NC(=O)CSc2nc3ccccc3n2C)n(Cc2ccccc2)c1C. The zero-order chi connectivity index (χ0) is 22.0. The average molecular weight is 430 g/mol. The van der Waals surface area contributed by atoms with Gasteiger partial charge in [-0.1, -0.05) is 54.2 Å². The molecule has 1 N–H and O–H groups in total. The van der Waals surface area contributed by atoms with E-state index in [1.807, 2.05) is 84.6 Å². The summed E-state index contributed by atoms with van der Waals surface area (Å²) in [6.45, 7) is 4.48. The van der Waals surface area contributed by atoms with Crippen LogP contribution < -0.4 is 5.32 Å². The lowest BCUT2D eigenvalue weighted by Gasteiger charge is -2.13. The highest BCUT2D eigenvalue weighted by Gasteiger charge is 2.20. The first-order chi connectivity index (χ1) is 15.0. The number of amides is 1. The molecule has 0 unspecified atom stereocenters. The van der Waals surface area contributed by atoms with E-state index in [4.69, 9.17) is 0 Å². The van der Waals surface area contributed by atoms with Crippen molar-refractivity contribution in [3.63, 3.8) is 0 Å². The van der Waals surface area contributed by atoms with Gasteiger partial charge < -0.3 is 14.5 Å². The number of para-hydroxylation sites is 2. The number of hydrogen-bond acceptors (Lipinski definition) is 4. The Morgan fingerprint density at radius 3 is 2.55 bits per heavy atom. The Kier molecular flexibility index (Phi) is 5.83. The fourth-order valence-electron chi connectivity index (χ4n) is 3.64. The third-order valence-electron chi connectivity index (χ3n) is 5.46. The smallest absolute Gasteiger partial charge is 0.235 e. The van der Waals surface area contributed by atoms with Gasteiger partial charge in [-0.25, -0.2) is 4.98 Å². The van der Waals surface area contributed by atoms with Gasteiger partial charge in [0.1, 0.15) is 11.9 Å². The quantitative estimate of drug-likeness (QED) is 0.453. The Morgan fingerprint density at radius 1 is 1.13 bits per heavy atom. The highest BCUT2D eigenvalue weighted by Crippen LogP contribution is 2.28. The summed E-state index contributed by atoms with van der Waals surface area (Å²) >= 11 is 1.38. The van der Waals surface area contributed by atoms with Crippen LogP contribution >= 0.6 is 11.8 Å². The van der Waals surface area contributed by atoms with Crippen LogP contribution in [0.2, 0.25) is 0 Å². The Hall–Kier alpha value is -3.50. The molecule has 31 heavy (non-hydrogen) atoms. The molecule has 1 amide bonds. The molecule has 4 rings (SSSR count). The molecule has 4 aromatic rings. The summed E-state index contributed by atoms with van der Waals surface area (Å²) < 4.78 is 3.99. The van der Waals surface area contributed by atoms with Crippen LogP contribution in [-0.2, 0) is 18.4 Å². The number of aryl methyl sites for hydroxylation is 1. The summed E-state index contributed by atoms with van der Waals surface area (Å²) in [4.78, 5) is 17.4. The Labute approximate surface area is 185 Å². The van der Waals surface area contributed by atoms with Gasteiger partial charge >= 0.3 is 0 Å². The zero-order valence-electron chi connectivity index (χ0n) is 17.7. The number of thioether (sulfide) groups is 1. The third kappa shape index (κ3) is 4.07. The van der Waals surface area contributed by atoms with Crippen LogP contribution in [0.15, 0.2) is 59.8 Å². The van der Waals surface area contributed by atoms with Crippen LogP contribution in [-0.4, -0.2) is 25.8 Å². The minimum absolute atomic E-state index is 0.166. The Bertz CT molecular complexity index is 1300. The number of carbonyl (C=O) groups excluding carboxylic acids is 1. The van der Waals surface area contributed by atoms with E-state index in [-0.39, 0.29) is 11.7 Å². The average Bonchev–Trinajstić information content (AvgIpc) is 3.22. The Morgan fingerprint density at radius 2 is 1.84 bits per heavy atom. The maximum Gasteiger partial charge on any atom is 0.235 e. The maximum absolute atomic E-state index is 12.8. The van der Waals surface area contributed by atoms with E-state index >= 15 is 0 Å². The second-order valence-electron chi connectivity index (χ2n) is 7.40. The molecule has 2 aromatic heterocycles. The molecule has 0 aliphatic rings. The first kappa shape index (κ1) is 20.8. The number of benzene rings is 2. The number of nitrogens with one attached hydrogen (secondary N) is 1. The van der Waals surface area contributed by atoms with Gasteiger partial charge in [0, 0.05) is 19.3 Å². The molecule has 0 bridgehead atoms. The minimum atomic E-state index is -0.166. The number of imidazole rings is 1. The van der Waals surface area contributed by atoms with Crippen LogP contribution in [0.25, 0.3) is 11.0 Å². The van der Waals surface area contributed by atoms with Gasteiger partial charge in [0.05, 0.1) is 22.3 Å². The van der Waals surface area contributed by atoms with Crippen molar-refractivity contribution in [3.05, 3.63) is 77.0 Å². The summed E-state index contributed by atoms with van der Waals surface area (Å²) in [7, 11) is 1.95. The molecule has 0 aliphatic carbocycles. The molecule has 0 radical (unpaired) electrons. The molecule has 0 fully saturated rings. The molecule has 6 nitrogen and oxygen atoms in total. The van der Waals surface area contributed by atoms with Gasteiger partial charge in [-0.05, 0) is 37.1 Å². The number of fused-ring (bicyclic) bond motifs is 1. The number of anilines is 1. The van der Waals surface area contributed by atoms with Crippen molar-refractivity contribution in [2.45, 2.75) is 25.5 Å². The van der Waals surface area contributed by atoms with Crippen LogP contribution in [0.4, 0.5) is 5.82 Å². The van der Waals surface area contributed by atoms with Gasteiger partial charge in [-0.15, -0.1) is 0 Å². The molecule has 0 aliphatic heterocycles. The first-order valence-electron chi connectivity index (χ1n) is 9.97. The van der Waals surface area contributed by atoms with Gasteiger partial charge in [-0.2, -0.15) is 5.26 Å². The zero-order valence-corrected chi connectivity index (χ0v) is 18.5. The van der Waals surface area contributed by atoms with Crippen molar-refractivity contribution < 1.29 is 4.79 Å². The maximum atomic E-state index is 12.8. The highest BCUT2D eigenvalue weighted by atomic mass is 32.2. The molecule has 0 spiro atoms. The fraction of sp³-hybridized carbons (Fsp3) is 0.208. The lowest BCUT2D eigenvalue weighted by atomic mass is 10.2. The van der Waals surface area contributed by atoms with E-state index in [9.17, 15) is 10.1 Å². The second kappa shape index (κ2) is 8.70. The molecule has 0 saturated heterocycles. The van der Waals surface area contributed by atoms with Crippen molar-refractivity contribution in [2.75, 3.05) is 11.1 Å². The molecule has 7 heteroatoms. The van der Waals surface area contributed by atoms with Crippen LogP contribution in [0.3, 0.4) is 0 Å². The van der Waals surface area contributed by atoms with Crippen LogP contribution in [0, 0.1) is 25.2 Å². The molecular formula is C24H23N5OS. The monoisotopic (exact) mass is 429 g/mol. The van der Waals surface area contributed by atoms with Crippen molar-refractivity contribution >= 4 is 34.5 Å². The van der Waals surface area contributed by atoms with Crippen molar-refractivity contribution in [1.82, 2.24) is 14.1 Å². The van der Waals surface area contributed by atoms with Crippen molar-refractivity contribution in [3.8, 4) is 6.07 Å². The van der Waals surface area contributed by atoms with Crippen LogP contribution in [0.1, 0.15) is 22.4 Å². The number of aromatic nitrogens is 3. The van der Waals surface area contributed by atoms with Crippen molar-refractivity contribution in [1.29, 1.82) is 5.26 Å². The molecular weight excluding hydrogens is 406 g/mol. The summed E-state index contributed by atoms with van der Waals surface area (Å²) in [6, 6.07) is 20.2. The molecule has 0 atom stereocenters. The number of nitrogens with zero attached hydrogens (tertiary/aromatic N) is 4. The Balaban J connectivity index is 1.55. The van der Waals surface area contributed by atoms with Crippen molar-refractivity contribution in [2.24, 2.45) is 7.05 Å². The van der Waals surface area contributed by atoms with E-state index < -0.39 is 0 Å². The number of hydrogen-bond donors (Lipinski definition) is 1. The standard InChI is InChI=1S/C24H23N5OS/c1-16-17(2)29(14-18-9-5-4-6-10-18)23(19(16)13-25)27-22(30)15-31-24-26-20-11-7-8-12-21(20)28(24)3/h4-12H,14-15H2,1-3H3,(H,27,30). The van der Waals surface area contributed by atoms with Gasteiger partial charge in [0.15, 0.2) is 5.16 Å². The third-order valence-corrected chi connectivity index (χ3v) is 6.49. The largest absolute Gasteiger partial charge is 0.326 e. The van der Waals surface area contributed by atoms with Gasteiger partial charge in [0.2, 0.25) is 5.91 Å². The van der Waals surface area contributed by atoms with E-state index in [0.717, 1.165) is 33.0 Å².